The fourth-order valence-electron chi connectivity index (χ4n) is 3.41. The first-order chi connectivity index (χ1) is 12.8. The molecule has 1 amide bonds. The first-order valence-corrected chi connectivity index (χ1v) is 10.2. The van der Waals surface area contributed by atoms with E-state index in [1.165, 1.54) is 6.42 Å². The number of hydrogen-bond donors (Lipinski definition) is 0. The number of amides is 1. The van der Waals surface area contributed by atoms with Crippen molar-refractivity contribution in [3.8, 4) is 5.75 Å². The molecule has 5 heteroatoms. The number of aryl methyl sites for hydroxylation is 1. The predicted octanol–water partition coefficient (Wildman–Crippen LogP) is 4.20. The zero-order valence-electron chi connectivity index (χ0n) is 15.3. The lowest BCUT2D eigenvalue weighted by Crippen LogP contribution is -2.44. The van der Waals surface area contributed by atoms with Crippen molar-refractivity contribution in [2.24, 2.45) is 0 Å². The molecular formula is C21H26N2O2S. The highest BCUT2D eigenvalue weighted by atomic mass is 32.2. The average Bonchev–Trinajstić information content (AvgIpc) is 2.71. The summed E-state index contributed by atoms with van der Waals surface area (Å²) in [6.45, 7) is 0.879. The third kappa shape index (κ3) is 5.24. The molecule has 0 aliphatic carbocycles. The third-order valence-corrected chi connectivity index (χ3v) is 5.79. The van der Waals surface area contributed by atoms with Crippen molar-refractivity contribution in [1.82, 2.24) is 9.88 Å². The van der Waals surface area contributed by atoms with E-state index >= 15 is 0 Å². The first kappa shape index (κ1) is 18.8. The Morgan fingerprint density at radius 3 is 3.00 bits per heavy atom. The number of likely N-dealkylation sites (tertiary alicyclic amines) is 1. The van der Waals surface area contributed by atoms with Crippen molar-refractivity contribution in [2.75, 3.05) is 19.4 Å². The van der Waals surface area contributed by atoms with Crippen LogP contribution in [0.5, 0.6) is 5.75 Å². The van der Waals surface area contributed by atoms with E-state index < -0.39 is 0 Å². The summed E-state index contributed by atoms with van der Waals surface area (Å²) in [6, 6.07) is 14.2. The lowest BCUT2D eigenvalue weighted by Gasteiger charge is -2.36. The van der Waals surface area contributed by atoms with Gasteiger partial charge in [0.05, 0.1) is 12.9 Å². The highest BCUT2D eigenvalue weighted by Crippen LogP contribution is 2.26. The van der Waals surface area contributed by atoms with Gasteiger partial charge in [-0.2, -0.15) is 0 Å². The third-order valence-electron chi connectivity index (χ3n) is 4.81. The average molecular weight is 371 g/mol. The van der Waals surface area contributed by atoms with Gasteiger partial charge in [0.15, 0.2) is 0 Å². The van der Waals surface area contributed by atoms with Gasteiger partial charge in [-0.3, -0.25) is 9.78 Å². The second kappa shape index (κ2) is 9.62. The number of pyridine rings is 1. The van der Waals surface area contributed by atoms with Gasteiger partial charge in [-0.15, -0.1) is 11.8 Å². The molecule has 1 aromatic carbocycles. The zero-order chi connectivity index (χ0) is 18.2. The Hall–Kier alpha value is -2.01. The van der Waals surface area contributed by atoms with Crippen molar-refractivity contribution >= 4 is 17.7 Å². The predicted molar refractivity (Wildman–Crippen MR) is 106 cm³/mol. The van der Waals surface area contributed by atoms with Crippen LogP contribution >= 0.6 is 11.8 Å². The molecule has 0 N–H and O–H groups in total. The van der Waals surface area contributed by atoms with Crippen molar-refractivity contribution < 1.29 is 9.53 Å². The summed E-state index contributed by atoms with van der Waals surface area (Å²) in [7, 11) is 1.66. The van der Waals surface area contributed by atoms with Crippen LogP contribution in [0, 0.1) is 0 Å². The second-order valence-corrected chi connectivity index (χ2v) is 7.61. The molecule has 1 aliphatic rings. The Morgan fingerprint density at radius 1 is 1.27 bits per heavy atom. The van der Waals surface area contributed by atoms with Gasteiger partial charge in [0.1, 0.15) is 5.75 Å². The number of thioether (sulfide) groups is 1. The topological polar surface area (TPSA) is 42.4 Å². The highest BCUT2D eigenvalue weighted by Gasteiger charge is 2.26. The number of benzene rings is 1. The lowest BCUT2D eigenvalue weighted by atomic mass is 9.97. The zero-order valence-corrected chi connectivity index (χ0v) is 16.1. The van der Waals surface area contributed by atoms with Crippen LogP contribution in [0.15, 0.2) is 53.6 Å². The molecule has 138 valence electrons. The normalized spacial score (nSPS) is 17.1. The molecule has 0 spiro atoms. The van der Waals surface area contributed by atoms with Gasteiger partial charge in [0.2, 0.25) is 5.91 Å². The van der Waals surface area contributed by atoms with Crippen molar-refractivity contribution in [2.45, 2.75) is 43.0 Å². The molecule has 2 aromatic rings. The molecule has 1 fully saturated rings. The molecule has 1 unspecified atom stereocenters. The highest BCUT2D eigenvalue weighted by molar-refractivity contribution is 8.00. The van der Waals surface area contributed by atoms with E-state index in [0.717, 1.165) is 48.6 Å². The summed E-state index contributed by atoms with van der Waals surface area (Å²) in [5.41, 5.74) is 1.11. The molecule has 1 aromatic heterocycles. The number of carbonyl (C=O) groups is 1. The molecule has 1 aliphatic heterocycles. The monoisotopic (exact) mass is 370 g/mol. The Kier molecular flexibility index (Phi) is 6.95. The minimum absolute atomic E-state index is 0.239. The van der Waals surface area contributed by atoms with E-state index in [4.69, 9.17) is 4.74 Å². The number of ether oxygens (including phenoxy) is 1. The van der Waals surface area contributed by atoms with E-state index in [-0.39, 0.29) is 5.91 Å². The van der Waals surface area contributed by atoms with E-state index in [0.29, 0.717) is 11.8 Å². The fraction of sp³-hybridized carbons (Fsp3) is 0.429. The Morgan fingerprint density at radius 2 is 2.19 bits per heavy atom. The summed E-state index contributed by atoms with van der Waals surface area (Å²) in [5.74, 6) is 1.55. The van der Waals surface area contributed by atoms with Gasteiger partial charge in [0, 0.05) is 29.4 Å². The van der Waals surface area contributed by atoms with Gasteiger partial charge in [-0.25, -0.2) is 0 Å². The van der Waals surface area contributed by atoms with E-state index in [1.807, 2.05) is 42.6 Å². The summed E-state index contributed by atoms with van der Waals surface area (Å²) in [6.07, 6.45) is 7.17. The van der Waals surface area contributed by atoms with Crippen LogP contribution < -0.4 is 4.74 Å². The molecule has 0 bridgehead atoms. The Bertz CT molecular complexity index is 708. The van der Waals surface area contributed by atoms with E-state index in [1.54, 1.807) is 18.9 Å². The second-order valence-electron chi connectivity index (χ2n) is 6.56. The first-order valence-electron chi connectivity index (χ1n) is 9.22. The van der Waals surface area contributed by atoms with Crippen LogP contribution in [-0.2, 0) is 11.2 Å². The molecule has 3 rings (SSSR count). The number of carbonyl (C=O) groups excluding carboxylic acids is 1. The number of hydrogen-bond acceptors (Lipinski definition) is 4. The van der Waals surface area contributed by atoms with Crippen molar-refractivity contribution in [3.63, 3.8) is 0 Å². The van der Waals surface area contributed by atoms with Gasteiger partial charge in [0.25, 0.3) is 0 Å². The standard InChI is InChI=1S/C21H26N2O2S/c1-25-19-9-6-10-20(15-19)26-16-21(24)23-14-5-3-8-18(23)12-11-17-7-2-4-13-22-17/h2,4,6-7,9-10,13,15,18H,3,5,8,11-12,14,16H2,1H3. The number of rotatable bonds is 7. The smallest absolute Gasteiger partial charge is 0.233 e. The molecule has 26 heavy (non-hydrogen) atoms. The summed E-state index contributed by atoms with van der Waals surface area (Å²) in [5, 5.41) is 0. The van der Waals surface area contributed by atoms with Crippen LogP contribution in [0.25, 0.3) is 0 Å². The largest absolute Gasteiger partial charge is 0.497 e. The van der Waals surface area contributed by atoms with Gasteiger partial charge in [-0.05, 0) is 62.4 Å². The van der Waals surface area contributed by atoms with Gasteiger partial charge in [-0.1, -0.05) is 12.1 Å². The summed E-state index contributed by atoms with van der Waals surface area (Å²) in [4.78, 5) is 20.4. The van der Waals surface area contributed by atoms with Crippen LogP contribution in [0.1, 0.15) is 31.4 Å². The SMILES string of the molecule is COc1cccc(SCC(=O)N2CCCCC2CCc2ccccn2)c1. The van der Waals surface area contributed by atoms with Crippen molar-refractivity contribution in [1.29, 1.82) is 0 Å². The maximum Gasteiger partial charge on any atom is 0.233 e. The minimum atomic E-state index is 0.239. The van der Waals surface area contributed by atoms with Crippen LogP contribution in [0.2, 0.25) is 0 Å². The molecule has 2 heterocycles. The number of nitrogens with zero attached hydrogens (tertiary/aromatic N) is 2. The molecule has 4 nitrogen and oxygen atoms in total. The lowest BCUT2D eigenvalue weighted by molar-refractivity contribution is -0.132. The quantitative estimate of drug-likeness (QED) is 0.685. The maximum absolute atomic E-state index is 12.8. The van der Waals surface area contributed by atoms with Crippen LogP contribution in [-0.4, -0.2) is 41.2 Å². The van der Waals surface area contributed by atoms with Crippen LogP contribution in [0.4, 0.5) is 0 Å². The van der Waals surface area contributed by atoms with E-state index in [9.17, 15) is 4.79 Å². The van der Waals surface area contributed by atoms with Gasteiger partial charge < -0.3 is 9.64 Å². The molecule has 0 radical (unpaired) electrons. The maximum atomic E-state index is 12.8. The molecule has 0 saturated carbocycles. The minimum Gasteiger partial charge on any atom is -0.497 e. The number of methoxy groups -OCH3 is 1. The number of piperidine rings is 1. The van der Waals surface area contributed by atoms with Gasteiger partial charge >= 0.3 is 0 Å². The van der Waals surface area contributed by atoms with E-state index in [2.05, 4.69) is 16.0 Å². The Balaban J connectivity index is 1.55. The summed E-state index contributed by atoms with van der Waals surface area (Å²) >= 11 is 1.58. The number of aromatic nitrogens is 1. The van der Waals surface area contributed by atoms with Crippen molar-refractivity contribution in [3.05, 3.63) is 54.4 Å². The fourth-order valence-corrected chi connectivity index (χ4v) is 4.24. The molecule has 1 saturated heterocycles. The molecular weight excluding hydrogens is 344 g/mol. The summed E-state index contributed by atoms with van der Waals surface area (Å²) < 4.78 is 5.25. The molecule has 1 atom stereocenters. The van der Waals surface area contributed by atoms with Crippen LogP contribution in [0.3, 0.4) is 0 Å². The Labute approximate surface area is 160 Å².